The van der Waals surface area contributed by atoms with Crippen molar-refractivity contribution in [1.29, 1.82) is 0 Å². The molecule has 0 radical (unpaired) electrons. The van der Waals surface area contributed by atoms with Crippen LogP contribution in [0.1, 0.15) is 16.7 Å². The van der Waals surface area contributed by atoms with Crippen LogP contribution in [0.4, 0.5) is 0 Å². The maximum Gasteiger partial charge on any atom is 0.321 e. The number of benzene rings is 1. The Balaban J connectivity index is 2.58. The van der Waals surface area contributed by atoms with Crippen molar-refractivity contribution in [2.75, 3.05) is 27.4 Å². The zero-order valence-electron chi connectivity index (χ0n) is 11.2. The molecule has 1 aliphatic rings. The van der Waals surface area contributed by atoms with E-state index in [1.54, 1.807) is 7.11 Å². The summed E-state index contributed by atoms with van der Waals surface area (Å²) in [5, 5.41) is 0. The molecule has 0 N–H and O–H groups in total. The normalized spacial score (nSPS) is 16.9. The van der Waals surface area contributed by atoms with Gasteiger partial charge in [0, 0.05) is 5.56 Å². The molecule has 0 amide bonds. The van der Waals surface area contributed by atoms with Crippen LogP contribution in [0.2, 0.25) is 0 Å². The summed E-state index contributed by atoms with van der Waals surface area (Å²) in [5.41, 5.74) is 2.31. The minimum absolute atomic E-state index is 0.265. The van der Waals surface area contributed by atoms with Crippen molar-refractivity contribution in [2.45, 2.75) is 19.3 Å². The molecule has 0 unspecified atom stereocenters. The molecule has 4 heteroatoms. The van der Waals surface area contributed by atoms with Gasteiger partial charge in [0.2, 0.25) is 0 Å². The van der Waals surface area contributed by atoms with E-state index >= 15 is 0 Å². The Morgan fingerprint density at radius 3 is 2.39 bits per heavy atom. The van der Waals surface area contributed by atoms with Crippen LogP contribution in [0.5, 0.6) is 5.75 Å². The summed E-state index contributed by atoms with van der Waals surface area (Å²) in [6, 6.07) is 3.98. The highest BCUT2D eigenvalue weighted by atomic mass is 16.5. The van der Waals surface area contributed by atoms with Gasteiger partial charge in [-0.15, -0.1) is 0 Å². The van der Waals surface area contributed by atoms with Gasteiger partial charge in [-0.05, 0) is 31.0 Å². The van der Waals surface area contributed by atoms with E-state index in [1.807, 2.05) is 26.0 Å². The van der Waals surface area contributed by atoms with E-state index < -0.39 is 5.41 Å². The lowest BCUT2D eigenvalue weighted by Gasteiger charge is -2.40. The van der Waals surface area contributed by atoms with E-state index in [-0.39, 0.29) is 5.97 Å². The van der Waals surface area contributed by atoms with Crippen molar-refractivity contribution >= 4 is 5.97 Å². The summed E-state index contributed by atoms with van der Waals surface area (Å²) in [4.78, 5) is 12.1. The van der Waals surface area contributed by atoms with Gasteiger partial charge >= 0.3 is 5.97 Å². The highest BCUT2D eigenvalue weighted by molar-refractivity contribution is 5.86. The first-order chi connectivity index (χ1) is 8.55. The van der Waals surface area contributed by atoms with Crippen molar-refractivity contribution in [3.63, 3.8) is 0 Å². The van der Waals surface area contributed by atoms with Crippen molar-refractivity contribution in [3.8, 4) is 5.75 Å². The van der Waals surface area contributed by atoms with Crippen LogP contribution < -0.4 is 4.74 Å². The number of ether oxygens (including phenoxy) is 3. The van der Waals surface area contributed by atoms with E-state index in [9.17, 15) is 4.79 Å². The van der Waals surface area contributed by atoms with Crippen LogP contribution in [-0.4, -0.2) is 33.4 Å². The van der Waals surface area contributed by atoms with Gasteiger partial charge in [0.1, 0.15) is 11.2 Å². The van der Waals surface area contributed by atoms with Crippen LogP contribution in [0.3, 0.4) is 0 Å². The molecule has 1 fully saturated rings. The zero-order valence-corrected chi connectivity index (χ0v) is 11.2. The van der Waals surface area contributed by atoms with Crippen LogP contribution in [0.15, 0.2) is 12.1 Å². The molecule has 0 aromatic heterocycles. The Labute approximate surface area is 107 Å². The standard InChI is InChI=1S/C14H18O4/c1-9-5-10(2)12(11(6-9)16-3)14(7-18-8-14)13(15)17-4/h5-6H,7-8H2,1-4H3. The second-order valence-corrected chi connectivity index (χ2v) is 4.73. The summed E-state index contributed by atoms with van der Waals surface area (Å²) in [6.45, 7) is 4.68. The molecule has 1 aliphatic heterocycles. The molecule has 1 saturated heterocycles. The van der Waals surface area contributed by atoms with Crippen molar-refractivity contribution in [2.24, 2.45) is 0 Å². The topological polar surface area (TPSA) is 44.8 Å². The van der Waals surface area contributed by atoms with Gasteiger partial charge in [0.05, 0.1) is 27.4 Å². The summed E-state index contributed by atoms with van der Waals surface area (Å²) >= 11 is 0. The molecular formula is C14H18O4. The van der Waals surface area contributed by atoms with Gasteiger partial charge in [0.15, 0.2) is 0 Å². The molecule has 0 atom stereocenters. The van der Waals surface area contributed by atoms with Gasteiger partial charge in [0.25, 0.3) is 0 Å². The number of esters is 1. The van der Waals surface area contributed by atoms with Gasteiger partial charge in [-0.3, -0.25) is 4.79 Å². The van der Waals surface area contributed by atoms with Crippen LogP contribution in [0.25, 0.3) is 0 Å². The predicted octanol–water partition coefficient (Wildman–Crippen LogP) is 1.75. The molecule has 4 nitrogen and oxygen atoms in total. The summed E-state index contributed by atoms with van der Waals surface area (Å²) in [5.74, 6) is 0.459. The smallest absolute Gasteiger partial charge is 0.321 e. The molecule has 98 valence electrons. The Morgan fingerprint density at radius 2 is 1.94 bits per heavy atom. The number of carbonyl (C=O) groups is 1. The quantitative estimate of drug-likeness (QED) is 0.767. The SMILES string of the molecule is COC(=O)C1(c2c(C)cc(C)cc2OC)COC1. The third kappa shape index (κ3) is 1.77. The fourth-order valence-electron chi connectivity index (χ4n) is 2.57. The third-order valence-corrected chi connectivity index (χ3v) is 3.42. The molecule has 0 aliphatic carbocycles. The predicted molar refractivity (Wildman–Crippen MR) is 67.0 cm³/mol. The first-order valence-electron chi connectivity index (χ1n) is 5.87. The Kier molecular flexibility index (Phi) is 3.30. The number of hydrogen-bond donors (Lipinski definition) is 0. The largest absolute Gasteiger partial charge is 0.496 e. The summed E-state index contributed by atoms with van der Waals surface area (Å²) in [7, 11) is 3.01. The second kappa shape index (κ2) is 4.61. The van der Waals surface area contributed by atoms with Crippen molar-refractivity contribution < 1.29 is 19.0 Å². The third-order valence-electron chi connectivity index (χ3n) is 3.42. The number of hydrogen-bond acceptors (Lipinski definition) is 4. The zero-order chi connectivity index (χ0) is 13.3. The van der Waals surface area contributed by atoms with E-state index in [4.69, 9.17) is 14.2 Å². The number of aryl methyl sites for hydroxylation is 2. The van der Waals surface area contributed by atoms with Gasteiger partial charge in [-0.1, -0.05) is 6.07 Å². The fourth-order valence-corrected chi connectivity index (χ4v) is 2.57. The lowest BCUT2D eigenvalue weighted by atomic mass is 9.75. The van der Waals surface area contributed by atoms with Crippen molar-refractivity contribution in [1.82, 2.24) is 0 Å². The average Bonchev–Trinajstić information content (AvgIpc) is 2.29. The molecule has 1 aromatic carbocycles. The van der Waals surface area contributed by atoms with Gasteiger partial charge in [-0.25, -0.2) is 0 Å². The summed E-state index contributed by atoms with van der Waals surface area (Å²) < 4.78 is 15.6. The molecule has 0 saturated carbocycles. The Morgan fingerprint density at radius 1 is 1.28 bits per heavy atom. The molecule has 0 spiro atoms. The van der Waals surface area contributed by atoms with Gasteiger partial charge in [-0.2, -0.15) is 0 Å². The van der Waals surface area contributed by atoms with Gasteiger partial charge < -0.3 is 14.2 Å². The highest BCUT2D eigenvalue weighted by Gasteiger charge is 2.51. The first kappa shape index (κ1) is 12.9. The maximum absolute atomic E-state index is 12.1. The molecular weight excluding hydrogens is 232 g/mol. The number of methoxy groups -OCH3 is 2. The molecule has 2 rings (SSSR count). The average molecular weight is 250 g/mol. The van der Waals surface area contributed by atoms with Crippen LogP contribution in [0, 0.1) is 13.8 Å². The first-order valence-corrected chi connectivity index (χ1v) is 5.87. The maximum atomic E-state index is 12.1. The lowest BCUT2D eigenvalue weighted by Crippen LogP contribution is -2.54. The highest BCUT2D eigenvalue weighted by Crippen LogP contribution is 2.41. The van der Waals surface area contributed by atoms with E-state index in [1.165, 1.54) is 7.11 Å². The monoisotopic (exact) mass is 250 g/mol. The lowest BCUT2D eigenvalue weighted by molar-refractivity contribution is -0.167. The van der Waals surface area contributed by atoms with E-state index in [0.717, 1.165) is 22.4 Å². The van der Waals surface area contributed by atoms with Crippen molar-refractivity contribution in [3.05, 3.63) is 28.8 Å². The Hall–Kier alpha value is -1.55. The Bertz CT molecular complexity index is 475. The minimum atomic E-state index is -0.710. The molecule has 1 aromatic rings. The fraction of sp³-hybridized carbons (Fsp3) is 0.500. The number of carbonyl (C=O) groups excluding carboxylic acids is 1. The number of rotatable bonds is 3. The second-order valence-electron chi connectivity index (χ2n) is 4.73. The van der Waals surface area contributed by atoms with Crippen LogP contribution in [-0.2, 0) is 19.7 Å². The molecule has 0 bridgehead atoms. The minimum Gasteiger partial charge on any atom is -0.496 e. The molecule has 1 heterocycles. The summed E-state index contributed by atoms with van der Waals surface area (Å²) in [6.07, 6.45) is 0. The van der Waals surface area contributed by atoms with E-state index in [0.29, 0.717) is 13.2 Å². The molecule has 18 heavy (non-hydrogen) atoms. The van der Waals surface area contributed by atoms with E-state index in [2.05, 4.69) is 0 Å². The van der Waals surface area contributed by atoms with Crippen LogP contribution >= 0.6 is 0 Å².